The molecular formula is C22H21BrClFN4O3S. The summed E-state index contributed by atoms with van der Waals surface area (Å²) < 4.78 is 43.1. The number of carbonyl (C=O) groups is 1. The minimum Gasteiger partial charge on any atom is -0.308 e. The molecule has 3 aromatic rings. The molecule has 1 saturated heterocycles. The van der Waals surface area contributed by atoms with Crippen LogP contribution in [-0.4, -0.2) is 41.5 Å². The Hall–Kier alpha value is -2.27. The molecule has 4 rings (SSSR count). The summed E-state index contributed by atoms with van der Waals surface area (Å²) in [5.74, 6) is -0.553. The Balaban J connectivity index is 1.36. The van der Waals surface area contributed by atoms with Crippen LogP contribution in [0.3, 0.4) is 0 Å². The average Bonchev–Trinajstić information content (AvgIpc) is 3.14. The predicted molar refractivity (Wildman–Crippen MR) is 127 cm³/mol. The molecule has 174 valence electrons. The molecule has 0 aliphatic carbocycles. The zero-order valence-corrected chi connectivity index (χ0v) is 20.6. The predicted octanol–water partition coefficient (Wildman–Crippen LogP) is 4.53. The first-order valence-electron chi connectivity index (χ1n) is 10.3. The van der Waals surface area contributed by atoms with Crippen LogP contribution in [0.4, 0.5) is 10.2 Å². The van der Waals surface area contributed by atoms with E-state index in [0.29, 0.717) is 33.7 Å². The van der Waals surface area contributed by atoms with Crippen molar-refractivity contribution in [1.29, 1.82) is 0 Å². The van der Waals surface area contributed by atoms with Crippen LogP contribution in [-0.2, 0) is 21.4 Å². The Labute approximate surface area is 204 Å². The molecule has 2 aromatic carbocycles. The molecular weight excluding hydrogens is 535 g/mol. The fourth-order valence-corrected chi connectivity index (χ4v) is 5.71. The molecule has 11 heteroatoms. The Morgan fingerprint density at radius 3 is 2.48 bits per heavy atom. The van der Waals surface area contributed by atoms with Gasteiger partial charge in [-0.15, -0.1) is 0 Å². The maximum absolute atomic E-state index is 13.9. The first-order chi connectivity index (χ1) is 15.7. The third-order valence-electron chi connectivity index (χ3n) is 5.52. The lowest BCUT2D eigenvalue weighted by atomic mass is 9.97. The standard InChI is InChI=1S/C22H21BrClFN4O3S/c23-19-14-28(13-16-3-1-2-4-20(16)25)27-21(19)26-22(30)15-9-11-29(12-10-15)33(31,32)18-7-5-17(24)6-8-18/h1-8,14-15H,9-13H2,(H,26,27,30). The highest BCUT2D eigenvalue weighted by molar-refractivity contribution is 9.10. The number of anilines is 1. The Bertz CT molecular complexity index is 1260. The number of halogens is 3. The van der Waals surface area contributed by atoms with Crippen LogP contribution < -0.4 is 5.32 Å². The molecule has 0 radical (unpaired) electrons. The van der Waals surface area contributed by atoms with Crippen molar-refractivity contribution in [3.05, 3.63) is 75.6 Å². The third-order valence-corrected chi connectivity index (χ3v) is 8.27. The molecule has 7 nitrogen and oxygen atoms in total. The zero-order valence-electron chi connectivity index (χ0n) is 17.4. The Kier molecular flexibility index (Phi) is 7.18. The molecule has 1 N–H and O–H groups in total. The van der Waals surface area contributed by atoms with Crippen LogP contribution in [0.15, 0.2) is 64.1 Å². The molecule has 0 atom stereocenters. The number of nitrogens with zero attached hydrogens (tertiary/aromatic N) is 3. The Morgan fingerprint density at radius 2 is 1.82 bits per heavy atom. The number of carbonyl (C=O) groups excluding carboxylic acids is 1. The molecule has 33 heavy (non-hydrogen) atoms. The van der Waals surface area contributed by atoms with E-state index >= 15 is 0 Å². The van der Waals surface area contributed by atoms with Crippen molar-refractivity contribution in [3.8, 4) is 0 Å². The molecule has 1 aliphatic heterocycles. The SMILES string of the molecule is O=C(Nc1nn(Cc2ccccc2F)cc1Br)C1CCN(S(=O)(=O)c2ccc(Cl)cc2)CC1. The van der Waals surface area contributed by atoms with E-state index < -0.39 is 10.0 Å². The number of hydrogen-bond donors (Lipinski definition) is 1. The van der Waals surface area contributed by atoms with Gasteiger partial charge in [-0.05, 0) is 59.1 Å². The van der Waals surface area contributed by atoms with Crippen LogP contribution in [0, 0.1) is 11.7 Å². The van der Waals surface area contributed by atoms with Crippen LogP contribution in [0.25, 0.3) is 0 Å². The van der Waals surface area contributed by atoms with Gasteiger partial charge in [0.15, 0.2) is 5.82 Å². The topological polar surface area (TPSA) is 84.3 Å². The van der Waals surface area contributed by atoms with Crippen molar-refractivity contribution in [1.82, 2.24) is 14.1 Å². The second-order valence-corrected chi connectivity index (χ2v) is 11.0. The highest BCUT2D eigenvalue weighted by Crippen LogP contribution is 2.27. The number of rotatable bonds is 6. The van der Waals surface area contributed by atoms with Gasteiger partial charge in [0, 0.05) is 35.8 Å². The maximum Gasteiger partial charge on any atom is 0.243 e. The highest BCUT2D eigenvalue weighted by atomic mass is 79.9. The van der Waals surface area contributed by atoms with Crippen molar-refractivity contribution in [2.75, 3.05) is 18.4 Å². The fraction of sp³-hybridized carbons (Fsp3) is 0.273. The summed E-state index contributed by atoms with van der Waals surface area (Å²) in [7, 11) is -3.63. The second-order valence-electron chi connectivity index (χ2n) is 7.74. The van der Waals surface area contributed by atoms with Crippen molar-refractivity contribution in [3.63, 3.8) is 0 Å². The van der Waals surface area contributed by atoms with Gasteiger partial charge in [-0.2, -0.15) is 9.40 Å². The van der Waals surface area contributed by atoms with Gasteiger partial charge in [0.05, 0.1) is 15.9 Å². The fourth-order valence-electron chi connectivity index (χ4n) is 3.70. The number of benzene rings is 2. The molecule has 1 fully saturated rings. The quantitative estimate of drug-likeness (QED) is 0.485. The lowest BCUT2D eigenvalue weighted by Gasteiger charge is -2.30. The smallest absolute Gasteiger partial charge is 0.243 e. The van der Waals surface area contributed by atoms with Crippen molar-refractivity contribution in [2.24, 2.45) is 5.92 Å². The molecule has 0 spiro atoms. The number of hydrogen-bond acceptors (Lipinski definition) is 4. The summed E-state index contributed by atoms with van der Waals surface area (Å²) in [5.41, 5.74) is 0.486. The summed E-state index contributed by atoms with van der Waals surface area (Å²) in [5, 5.41) is 7.60. The largest absolute Gasteiger partial charge is 0.308 e. The van der Waals surface area contributed by atoms with Crippen molar-refractivity contribution in [2.45, 2.75) is 24.3 Å². The van der Waals surface area contributed by atoms with Crippen LogP contribution >= 0.6 is 27.5 Å². The second kappa shape index (κ2) is 9.92. The van der Waals surface area contributed by atoms with Crippen LogP contribution in [0.5, 0.6) is 0 Å². The molecule has 0 saturated carbocycles. The van der Waals surface area contributed by atoms with E-state index in [0.717, 1.165) is 0 Å². The summed E-state index contributed by atoms with van der Waals surface area (Å²) in [6.45, 7) is 0.708. The van der Waals surface area contributed by atoms with Crippen molar-refractivity contribution >= 4 is 49.3 Å². The summed E-state index contributed by atoms with van der Waals surface area (Å²) in [6, 6.07) is 12.5. The highest BCUT2D eigenvalue weighted by Gasteiger charge is 2.32. The normalized spacial score (nSPS) is 15.5. The van der Waals surface area contributed by atoms with E-state index in [-0.39, 0.29) is 42.2 Å². The number of sulfonamides is 1. The minimum absolute atomic E-state index is 0.180. The first kappa shape index (κ1) is 23.9. The summed E-state index contributed by atoms with van der Waals surface area (Å²) in [6.07, 6.45) is 2.46. The lowest BCUT2D eigenvalue weighted by molar-refractivity contribution is -0.120. The summed E-state index contributed by atoms with van der Waals surface area (Å²) in [4.78, 5) is 13.0. The van der Waals surface area contributed by atoms with E-state index in [1.54, 1.807) is 29.1 Å². The average molecular weight is 556 g/mol. The van der Waals surface area contributed by atoms with Gasteiger partial charge < -0.3 is 5.32 Å². The number of piperidine rings is 1. The van der Waals surface area contributed by atoms with Crippen LogP contribution in [0.2, 0.25) is 5.02 Å². The Morgan fingerprint density at radius 1 is 1.15 bits per heavy atom. The summed E-state index contributed by atoms with van der Waals surface area (Å²) >= 11 is 9.23. The van der Waals surface area contributed by atoms with E-state index in [1.165, 1.54) is 34.6 Å². The monoisotopic (exact) mass is 554 g/mol. The van der Waals surface area contributed by atoms with E-state index in [2.05, 4.69) is 26.3 Å². The van der Waals surface area contributed by atoms with Gasteiger partial charge in [-0.25, -0.2) is 12.8 Å². The molecule has 1 aromatic heterocycles. The maximum atomic E-state index is 13.9. The number of amides is 1. The lowest BCUT2D eigenvalue weighted by Crippen LogP contribution is -2.41. The zero-order chi connectivity index (χ0) is 23.6. The van der Waals surface area contributed by atoms with Crippen molar-refractivity contribution < 1.29 is 17.6 Å². The van der Waals surface area contributed by atoms with E-state index in [4.69, 9.17) is 11.6 Å². The molecule has 1 amide bonds. The number of aromatic nitrogens is 2. The van der Waals surface area contributed by atoms with Gasteiger partial charge in [-0.1, -0.05) is 29.8 Å². The van der Waals surface area contributed by atoms with Gasteiger partial charge in [-0.3, -0.25) is 9.48 Å². The molecule has 1 aliphatic rings. The van der Waals surface area contributed by atoms with Gasteiger partial charge >= 0.3 is 0 Å². The molecule has 0 unspecified atom stereocenters. The number of nitrogens with one attached hydrogen (secondary N) is 1. The molecule has 2 heterocycles. The third kappa shape index (κ3) is 5.46. The minimum atomic E-state index is -3.63. The van der Waals surface area contributed by atoms with Crippen LogP contribution in [0.1, 0.15) is 18.4 Å². The van der Waals surface area contributed by atoms with Gasteiger partial charge in [0.25, 0.3) is 0 Å². The van der Waals surface area contributed by atoms with Gasteiger partial charge in [0.2, 0.25) is 15.9 Å². The van der Waals surface area contributed by atoms with E-state index in [9.17, 15) is 17.6 Å². The first-order valence-corrected chi connectivity index (χ1v) is 12.9. The molecule has 0 bridgehead atoms. The van der Waals surface area contributed by atoms with Gasteiger partial charge in [0.1, 0.15) is 5.82 Å². The van der Waals surface area contributed by atoms with E-state index in [1.807, 2.05) is 0 Å².